The summed E-state index contributed by atoms with van der Waals surface area (Å²) in [4.78, 5) is 11.8. The number of carbonyl (C=O) groups excluding carboxylic acids is 1. The van der Waals surface area contributed by atoms with E-state index in [0.717, 1.165) is 6.42 Å². The van der Waals surface area contributed by atoms with Gasteiger partial charge in [-0.3, -0.25) is 0 Å². The molecule has 0 aliphatic carbocycles. The Kier molecular flexibility index (Phi) is 5.61. The average Bonchev–Trinajstić information content (AvgIpc) is 2.54. The van der Waals surface area contributed by atoms with Gasteiger partial charge in [-0.25, -0.2) is 13.2 Å². The molecule has 19 heavy (non-hydrogen) atoms. The summed E-state index contributed by atoms with van der Waals surface area (Å²) in [5.74, 6) is 0.588. The van der Waals surface area contributed by atoms with Gasteiger partial charge in [0.15, 0.2) is 9.84 Å². The van der Waals surface area contributed by atoms with Gasteiger partial charge in [0.2, 0.25) is 0 Å². The molecule has 1 heterocycles. The van der Waals surface area contributed by atoms with Gasteiger partial charge in [0.25, 0.3) is 0 Å². The number of urea groups is 1. The second-order valence-electron chi connectivity index (χ2n) is 5.65. The molecule has 0 radical (unpaired) electrons. The van der Waals surface area contributed by atoms with Gasteiger partial charge >= 0.3 is 6.03 Å². The van der Waals surface area contributed by atoms with Crippen LogP contribution in [0.4, 0.5) is 4.79 Å². The monoisotopic (exact) mass is 291 g/mol. The third kappa shape index (κ3) is 4.65. The van der Waals surface area contributed by atoms with E-state index in [-0.39, 0.29) is 23.9 Å². The van der Waals surface area contributed by atoms with Crippen molar-refractivity contribution in [2.24, 2.45) is 11.7 Å². The summed E-state index contributed by atoms with van der Waals surface area (Å²) in [6.07, 6.45) is 1.29. The molecule has 3 atom stereocenters. The number of nitrogens with two attached hydrogens (primary N) is 1. The average molecular weight is 291 g/mol. The standard InChI is InChI=1S/C12H25N3O3S/c1-8(2)6-10(7-13)14-12(16)15-11-4-5-19(17,18)9(11)3/h8-11H,4-7,13H2,1-3H3,(H2,14,15,16)/t9-,10?,11-/m1/s1. The predicted octanol–water partition coefficient (Wildman–Crippen LogP) is 0.235. The smallest absolute Gasteiger partial charge is 0.315 e. The lowest BCUT2D eigenvalue weighted by Gasteiger charge is -2.22. The molecule has 1 rings (SSSR count). The summed E-state index contributed by atoms with van der Waals surface area (Å²) in [6, 6.07) is -0.708. The van der Waals surface area contributed by atoms with E-state index in [4.69, 9.17) is 5.73 Å². The molecule has 1 aliphatic heterocycles. The molecule has 2 amide bonds. The third-order valence-corrected chi connectivity index (χ3v) is 5.80. The van der Waals surface area contributed by atoms with E-state index in [9.17, 15) is 13.2 Å². The van der Waals surface area contributed by atoms with Gasteiger partial charge in [-0.05, 0) is 25.7 Å². The normalized spacial score (nSPS) is 27.2. The van der Waals surface area contributed by atoms with E-state index in [1.54, 1.807) is 6.92 Å². The fourth-order valence-electron chi connectivity index (χ4n) is 2.33. The lowest BCUT2D eigenvalue weighted by Crippen LogP contribution is -2.50. The second-order valence-corrected chi connectivity index (χ2v) is 8.12. The fraction of sp³-hybridized carbons (Fsp3) is 0.917. The summed E-state index contributed by atoms with van der Waals surface area (Å²) < 4.78 is 23.2. The molecule has 1 saturated heterocycles. The summed E-state index contributed by atoms with van der Waals surface area (Å²) >= 11 is 0. The van der Waals surface area contributed by atoms with Crippen molar-refractivity contribution in [1.29, 1.82) is 0 Å². The SMILES string of the molecule is CC(C)CC(CN)NC(=O)N[C@@H]1CCS(=O)(=O)[C@@H]1C. The third-order valence-electron chi connectivity index (χ3n) is 3.54. The van der Waals surface area contributed by atoms with Crippen LogP contribution in [0, 0.1) is 5.92 Å². The maximum absolute atomic E-state index is 11.8. The first-order valence-corrected chi connectivity index (χ1v) is 8.46. The van der Waals surface area contributed by atoms with Crippen molar-refractivity contribution in [1.82, 2.24) is 10.6 Å². The molecule has 1 aliphatic rings. The first-order chi connectivity index (χ1) is 8.76. The molecular formula is C12H25N3O3S. The zero-order valence-corrected chi connectivity index (χ0v) is 12.7. The molecule has 6 nitrogen and oxygen atoms in total. The van der Waals surface area contributed by atoms with Gasteiger partial charge in [0, 0.05) is 18.6 Å². The highest BCUT2D eigenvalue weighted by molar-refractivity contribution is 7.92. The number of hydrogen-bond acceptors (Lipinski definition) is 4. The molecule has 0 aromatic heterocycles. The molecule has 4 N–H and O–H groups in total. The van der Waals surface area contributed by atoms with Crippen molar-refractivity contribution < 1.29 is 13.2 Å². The molecule has 0 saturated carbocycles. The Bertz CT molecular complexity index is 408. The highest BCUT2D eigenvalue weighted by Crippen LogP contribution is 2.20. The molecule has 0 bridgehead atoms. The van der Waals surface area contributed by atoms with Crippen LogP contribution >= 0.6 is 0 Å². The van der Waals surface area contributed by atoms with E-state index >= 15 is 0 Å². The Morgan fingerprint density at radius 2 is 2.05 bits per heavy atom. The maximum Gasteiger partial charge on any atom is 0.315 e. The van der Waals surface area contributed by atoms with Crippen LogP contribution < -0.4 is 16.4 Å². The van der Waals surface area contributed by atoms with Gasteiger partial charge in [-0.1, -0.05) is 13.8 Å². The van der Waals surface area contributed by atoms with Crippen LogP contribution in [0.5, 0.6) is 0 Å². The van der Waals surface area contributed by atoms with E-state index in [1.807, 2.05) is 0 Å². The molecule has 112 valence electrons. The zero-order chi connectivity index (χ0) is 14.6. The minimum Gasteiger partial charge on any atom is -0.334 e. The summed E-state index contributed by atoms with van der Waals surface area (Å²) in [7, 11) is -3.04. The molecule has 0 aromatic rings. The lowest BCUT2D eigenvalue weighted by atomic mass is 10.0. The molecule has 1 unspecified atom stereocenters. The van der Waals surface area contributed by atoms with E-state index in [0.29, 0.717) is 18.9 Å². The Hall–Kier alpha value is -0.820. The first-order valence-electron chi connectivity index (χ1n) is 6.75. The van der Waals surface area contributed by atoms with E-state index in [1.165, 1.54) is 0 Å². The predicted molar refractivity (Wildman–Crippen MR) is 75.6 cm³/mol. The van der Waals surface area contributed by atoms with Crippen molar-refractivity contribution in [3.05, 3.63) is 0 Å². The van der Waals surface area contributed by atoms with Crippen LogP contribution in [0.1, 0.15) is 33.6 Å². The van der Waals surface area contributed by atoms with Crippen LogP contribution in [-0.2, 0) is 9.84 Å². The van der Waals surface area contributed by atoms with E-state index < -0.39 is 15.1 Å². The van der Waals surface area contributed by atoms with Gasteiger partial charge < -0.3 is 16.4 Å². The Labute approximate surface area is 115 Å². The zero-order valence-electron chi connectivity index (χ0n) is 11.8. The highest BCUT2D eigenvalue weighted by Gasteiger charge is 2.37. The van der Waals surface area contributed by atoms with Crippen LogP contribution in [-0.4, -0.2) is 44.1 Å². The van der Waals surface area contributed by atoms with Crippen molar-refractivity contribution in [3.8, 4) is 0 Å². The van der Waals surface area contributed by atoms with Crippen LogP contribution in [0.15, 0.2) is 0 Å². The largest absolute Gasteiger partial charge is 0.334 e. The molecular weight excluding hydrogens is 266 g/mol. The molecule has 0 aromatic carbocycles. The van der Waals surface area contributed by atoms with Crippen molar-refractivity contribution in [2.75, 3.05) is 12.3 Å². The quantitative estimate of drug-likeness (QED) is 0.675. The molecule has 7 heteroatoms. The minimum absolute atomic E-state index is 0.0756. The summed E-state index contributed by atoms with van der Waals surface area (Å²) in [5.41, 5.74) is 5.61. The number of nitrogens with one attached hydrogen (secondary N) is 2. The van der Waals surface area contributed by atoms with E-state index in [2.05, 4.69) is 24.5 Å². The van der Waals surface area contributed by atoms with Crippen molar-refractivity contribution >= 4 is 15.9 Å². The first kappa shape index (κ1) is 16.2. The van der Waals surface area contributed by atoms with Gasteiger partial charge in [-0.15, -0.1) is 0 Å². The Morgan fingerprint density at radius 3 is 2.47 bits per heavy atom. The molecule has 1 fully saturated rings. The number of rotatable bonds is 5. The second kappa shape index (κ2) is 6.56. The molecule has 0 spiro atoms. The number of hydrogen-bond donors (Lipinski definition) is 3. The fourth-order valence-corrected chi connectivity index (χ4v) is 3.99. The van der Waals surface area contributed by atoms with Gasteiger partial charge in [0.1, 0.15) is 0 Å². The highest BCUT2D eigenvalue weighted by atomic mass is 32.2. The van der Waals surface area contributed by atoms with Crippen molar-refractivity contribution in [2.45, 2.75) is 50.9 Å². The Balaban J connectivity index is 2.47. The number of amides is 2. The Morgan fingerprint density at radius 1 is 1.42 bits per heavy atom. The minimum atomic E-state index is -3.04. The van der Waals surface area contributed by atoms with Gasteiger partial charge in [-0.2, -0.15) is 0 Å². The number of sulfone groups is 1. The summed E-state index contributed by atoms with van der Waals surface area (Å²) in [6.45, 7) is 6.15. The van der Waals surface area contributed by atoms with Crippen LogP contribution in [0.2, 0.25) is 0 Å². The maximum atomic E-state index is 11.8. The number of carbonyl (C=O) groups is 1. The summed E-state index contributed by atoms with van der Waals surface area (Å²) in [5, 5.41) is 5.03. The van der Waals surface area contributed by atoms with Crippen LogP contribution in [0.3, 0.4) is 0 Å². The van der Waals surface area contributed by atoms with Crippen LogP contribution in [0.25, 0.3) is 0 Å². The van der Waals surface area contributed by atoms with Crippen molar-refractivity contribution in [3.63, 3.8) is 0 Å². The topological polar surface area (TPSA) is 101 Å². The van der Waals surface area contributed by atoms with Gasteiger partial charge in [0.05, 0.1) is 11.0 Å². The lowest BCUT2D eigenvalue weighted by molar-refractivity contribution is 0.231.